The van der Waals surface area contributed by atoms with Crippen LogP contribution >= 0.6 is 0 Å². The van der Waals surface area contributed by atoms with E-state index in [-0.39, 0.29) is 18.7 Å². The van der Waals surface area contributed by atoms with Crippen LogP contribution in [0.1, 0.15) is 24.8 Å². The molecule has 8 heteroatoms. The predicted octanol–water partition coefficient (Wildman–Crippen LogP) is 0.315. The van der Waals surface area contributed by atoms with Crippen LogP contribution in [0.15, 0.2) is 29.4 Å². The maximum absolute atomic E-state index is 12.5. The predicted molar refractivity (Wildman–Crippen MR) is 96.3 cm³/mol. The van der Waals surface area contributed by atoms with Gasteiger partial charge in [-0.05, 0) is 24.1 Å². The first-order valence-electron chi connectivity index (χ1n) is 8.06. The van der Waals surface area contributed by atoms with E-state index in [1.54, 1.807) is 29.2 Å². The Hall–Kier alpha value is -3.34. The molecule has 26 heavy (non-hydrogen) atoms. The summed E-state index contributed by atoms with van der Waals surface area (Å²) in [7, 11) is 0. The number of hydrogen-bond acceptors (Lipinski definition) is 5. The number of aliphatic carboxylic acids is 1. The second kappa shape index (κ2) is 8.67. The third kappa shape index (κ3) is 4.60. The van der Waals surface area contributed by atoms with E-state index in [0.717, 1.165) is 11.3 Å². The average Bonchev–Trinajstić information content (AvgIpc) is 2.96. The number of nitrogens with one attached hydrogen (secondary N) is 1. The number of hydrogen-bond donors (Lipinski definition) is 3. The van der Waals surface area contributed by atoms with E-state index < -0.39 is 23.8 Å². The SMILES string of the molecule is C#CCC(NC(=O)CC1CCN(c2ccc(C=NN)cc2)C1=O)C(=O)O. The van der Waals surface area contributed by atoms with E-state index in [0.29, 0.717) is 13.0 Å². The van der Waals surface area contributed by atoms with Crippen molar-refractivity contribution < 1.29 is 19.5 Å². The summed E-state index contributed by atoms with van der Waals surface area (Å²) < 4.78 is 0. The Labute approximate surface area is 151 Å². The van der Waals surface area contributed by atoms with Gasteiger partial charge < -0.3 is 21.2 Å². The van der Waals surface area contributed by atoms with Gasteiger partial charge in [0.05, 0.1) is 6.21 Å². The zero-order valence-electron chi connectivity index (χ0n) is 14.1. The fourth-order valence-corrected chi connectivity index (χ4v) is 2.81. The molecule has 1 heterocycles. The molecule has 1 aliphatic heterocycles. The number of carboxylic acids is 1. The number of anilines is 1. The van der Waals surface area contributed by atoms with Crippen molar-refractivity contribution in [1.82, 2.24) is 5.32 Å². The van der Waals surface area contributed by atoms with Gasteiger partial charge >= 0.3 is 5.97 Å². The minimum atomic E-state index is -1.20. The monoisotopic (exact) mass is 356 g/mol. The van der Waals surface area contributed by atoms with E-state index in [1.807, 2.05) is 0 Å². The second-order valence-electron chi connectivity index (χ2n) is 5.92. The van der Waals surface area contributed by atoms with Crippen molar-refractivity contribution in [3.8, 4) is 12.3 Å². The lowest BCUT2D eigenvalue weighted by Crippen LogP contribution is -2.41. The summed E-state index contributed by atoms with van der Waals surface area (Å²) in [5.41, 5.74) is 1.54. The molecule has 1 aromatic carbocycles. The first-order valence-corrected chi connectivity index (χ1v) is 8.06. The van der Waals surface area contributed by atoms with Gasteiger partial charge in [-0.1, -0.05) is 12.1 Å². The van der Waals surface area contributed by atoms with Gasteiger partial charge in [0.25, 0.3) is 0 Å². The van der Waals surface area contributed by atoms with Gasteiger partial charge in [0.15, 0.2) is 0 Å². The summed E-state index contributed by atoms with van der Waals surface area (Å²) in [4.78, 5) is 37.2. The molecule has 0 bridgehead atoms. The Kier molecular flexibility index (Phi) is 6.33. The van der Waals surface area contributed by atoms with Crippen molar-refractivity contribution >= 4 is 29.7 Å². The lowest BCUT2D eigenvalue weighted by molar-refractivity contribution is -0.141. The number of carboxylic acid groups (broad SMARTS) is 1. The second-order valence-corrected chi connectivity index (χ2v) is 5.92. The molecule has 136 valence electrons. The van der Waals surface area contributed by atoms with Crippen molar-refractivity contribution in [2.24, 2.45) is 16.9 Å². The maximum Gasteiger partial charge on any atom is 0.327 e. The Bertz CT molecular complexity index is 751. The molecule has 8 nitrogen and oxygen atoms in total. The van der Waals surface area contributed by atoms with Crippen molar-refractivity contribution in [3.05, 3.63) is 29.8 Å². The minimum absolute atomic E-state index is 0.0679. The fraction of sp³-hybridized carbons (Fsp3) is 0.333. The molecule has 2 amide bonds. The summed E-state index contributed by atoms with van der Waals surface area (Å²) in [6.45, 7) is 0.494. The van der Waals surface area contributed by atoms with Gasteiger partial charge in [-0.3, -0.25) is 9.59 Å². The normalized spacial score (nSPS) is 17.9. The van der Waals surface area contributed by atoms with Gasteiger partial charge in [0.2, 0.25) is 11.8 Å². The summed E-state index contributed by atoms with van der Waals surface area (Å²) in [5, 5.41) is 14.8. The summed E-state index contributed by atoms with van der Waals surface area (Å²) in [6, 6.07) is 6.00. The first kappa shape index (κ1) is 19.0. The number of nitrogens with zero attached hydrogens (tertiary/aromatic N) is 2. The molecule has 1 aliphatic rings. The van der Waals surface area contributed by atoms with Gasteiger partial charge in [-0.15, -0.1) is 12.3 Å². The van der Waals surface area contributed by atoms with Gasteiger partial charge in [0, 0.05) is 31.0 Å². The number of terminal acetylenes is 1. The highest BCUT2D eigenvalue weighted by Crippen LogP contribution is 2.27. The number of carbonyl (C=O) groups is 3. The Morgan fingerprint density at radius 2 is 2.15 bits per heavy atom. The molecular formula is C18H20N4O4. The fourth-order valence-electron chi connectivity index (χ4n) is 2.81. The molecule has 1 saturated heterocycles. The van der Waals surface area contributed by atoms with Crippen LogP contribution in [0.3, 0.4) is 0 Å². The molecule has 2 rings (SSSR count). The third-order valence-corrected chi connectivity index (χ3v) is 4.13. The number of hydrazone groups is 1. The molecule has 1 aromatic rings. The van der Waals surface area contributed by atoms with Crippen molar-refractivity contribution in [1.29, 1.82) is 0 Å². The third-order valence-electron chi connectivity index (χ3n) is 4.13. The molecule has 0 saturated carbocycles. The maximum atomic E-state index is 12.5. The summed E-state index contributed by atoms with van der Waals surface area (Å²) >= 11 is 0. The Morgan fingerprint density at radius 3 is 2.73 bits per heavy atom. The topological polar surface area (TPSA) is 125 Å². The average molecular weight is 356 g/mol. The number of nitrogens with two attached hydrogens (primary N) is 1. The van der Waals surface area contributed by atoms with Crippen molar-refractivity contribution in [3.63, 3.8) is 0 Å². The standard InChI is InChI=1S/C18H20N4O4/c1-2-3-15(18(25)26)21-16(23)10-13-8-9-22(17(13)24)14-6-4-12(5-7-14)11-20-19/h1,4-7,11,13,15H,3,8-10,19H2,(H,21,23)(H,25,26). The highest BCUT2D eigenvalue weighted by Gasteiger charge is 2.34. The van der Waals surface area contributed by atoms with E-state index in [2.05, 4.69) is 16.3 Å². The molecular weight excluding hydrogens is 336 g/mol. The smallest absolute Gasteiger partial charge is 0.327 e. The van der Waals surface area contributed by atoms with Crippen LogP contribution in [0.2, 0.25) is 0 Å². The largest absolute Gasteiger partial charge is 0.480 e. The van der Waals surface area contributed by atoms with Crippen LogP contribution in [-0.4, -0.2) is 41.7 Å². The van der Waals surface area contributed by atoms with Crippen LogP contribution in [0, 0.1) is 18.3 Å². The quantitative estimate of drug-likeness (QED) is 0.281. The summed E-state index contributed by atoms with van der Waals surface area (Å²) in [6.07, 6.45) is 6.94. The van der Waals surface area contributed by atoms with Crippen LogP contribution in [0.5, 0.6) is 0 Å². The van der Waals surface area contributed by atoms with E-state index in [4.69, 9.17) is 17.4 Å². The minimum Gasteiger partial charge on any atom is -0.480 e. The zero-order valence-corrected chi connectivity index (χ0v) is 14.1. The number of carbonyl (C=O) groups excluding carboxylic acids is 2. The molecule has 0 aliphatic carbocycles. The Morgan fingerprint density at radius 1 is 1.46 bits per heavy atom. The number of amides is 2. The highest BCUT2D eigenvalue weighted by molar-refractivity contribution is 5.99. The first-order chi connectivity index (χ1) is 12.5. The van der Waals surface area contributed by atoms with Crippen molar-refractivity contribution in [2.75, 3.05) is 11.4 Å². The van der Waals surface area contributed by atoms with Crippen LogP contribution in [0.4, 0.5) is 5.69 Å². The molecule has 0 aromatic heterocycles. The molecule has 2 unspecified atom stereocenters. The van der Waals surface area contributed by atoms with Crippen LogP contribution in [-0.2, 0) is 14.4 Å². The molecule has 2 atom stereocenters. The van der Waals surface area contributed by atoms with E-state index in [1.165, 1.54) is 6.21 Å². The summed E-state index contributed by atoms with van der Waals surface area (Å²) in [5.74, 6) is 4.97. The molecule has 4 N–H and O–H groups in total. The van der Waals surface area contributed by atoms with Gasteiger partial charge in [0.1, 0.15) is 6.04 Å². The van der Waals surface area contributed by atoms with E-state index >= 15 is 0 Å². The van der Waals surface area contributed by atoms with E-state index in [9.17, 15) is 14.4 Å². The molecule has 0 radical (unpaired) electrons. The molecule has 0 spiro atoms. The Balaban J connectivity index is 1.97. The lowest BCUT2D eigenvalue weighted by Gasteiger charge is -2.17. The van der Waals surface area contributed by atoms with Gasteiger partial charge in [-0.25, -0.2) is 4.79 Å². The number of rotatable bonds is 7. The van der Waals surface area contributed by atoms with Crippen LogP contribution in [0.25, 0.3) is 0 Å². The van der Waals surface area contributed by atoms with Gasteiger partial charge in [-0.2, -0.15) is 5.10 Å². The number of benzene rings is 1. The van der Waals surface area contributed by atoms with Crippen LogP contribution < -0.4 is 16.1 Å². The lowest BCUT2D eigenvalue weighted by atomic mass is 10.0. The molecule has 1 fully saturated rings. The highest BCUT2D eigenvalue weighted by atomic mass is 16.4. The van der Waals surface area contributed by atoms with Crippen molar-refractivity contribution in [2.45, 2.75) is 25.3 Å². The zero-order chi connectivity index (χ0) is 19.1.